The average molecular weight is 277 g/mol. The highest BCUT2D eigenvalue weighted by Crippen LogP contribution is 2.18. The van der Waals surface area contributed by atoms with Crippen molar-refractivity contribution in [2.24, 2.45) is 0 Å². The van der Waals surface area contributed by atoms with Crippen molar-refractivity contribution in [3.63, 3.8) is 0 Å². The standard InChI is InChI=1S/C15H17ClN2O/c1-2-17-15-9-8-13(16)14(18-15)11-19-10-12-6-4-3-5-7-12/h3-9H,2,10-11H2,1H3,(H,17,18). The predicted molar refractivity (Wildman–Crippen MR) is 78.3 cm³/mol. The zero-order valence-electron chi connectivity index (χ0n) is 10.9. The highest BCUT2D eigenvalue weighted by Gasteiger charge is 2.04. The maximum atomic E-state index is 6.11. The predicted octanol–water partition coefficient (Wildman–Crippen LogP) is 3.88. The van der Waals surface area contributed by atoms with Crippen LogP contribution in [0.2, 0.25) is 5.02 Å². The van der Waals surface area contributed by atoms with Gasteiger partial charge in [0.1, 0.15) is 5.82 Å². The van der Waals surface area contributed by atoms with Gasteiger partial charge < -0.3 is 10.1 Å². The van der Waals surface area contributed by atoms with Crippen molar-refractivity contribution in [1.29, 1.82) is 0 Å². The second-order valence-electron chi connectivity index (χ2n) is 4.13. The minimum atomic E-state index is 0.410. The highest BCUT2D eigenvalue weighted by molar-refractivity contribution is 6.31. The van der Waals surface area contributed by atoms with Crippen molar-refractivity contribution in [3.05, 3.63) is 58.7 Å². The summed E-state index contributed by atoms with van der Waals surface area (Å²) < 4.78 is 5.64. The summed E-state index contributed by atoms with van der Waals surface area (Å²) in [5.74, 6) is 0.824. The lowest BCUT2D eigenvalue weighted by atomic mass is 10.2. The van der Waals surface area contributed by atoms with Crippen LogP contribution in [0.3, 0.4) is 0 Å². The molecule has 100 valence electrons. The number of benzene rings is 1. The van der Waals surface area contributed by atoms with Crippen LogP contribution in [-0.2, 0) is 18.0 Å². The molecule has 1 N–H and O–H groups in total. The number of pyridine rings is 1. The quantitative estimate of drug-likeness (QED) is 0.869. The summed E-state index contributed by atoms with van der Waals surface area (Å²) in [6.45, 7) is 3.83. The number of hydrogen-bond acceptors (Lipinski definition) is 3. The molecule has 0 unspecified atom stereocenters. The molecule has 0 saturated heterocycles. The molecule has 0 aliphatic rings. The molecule has 2 rings (SSSR count). The topological polar surface area (TPSA) is 34.1 Å². The van der Waals surface area contributed by atoms with Gasteiger partial charge in [0.2, 0.25) is 0 Å². The van der Waals surface area contributed by atoms with E-state index >= 15 is 0 Å². The van der Waals surface area contributed by atoms with E-state index < -0.39 is 0 Å². The summed E-state index contributed by atoms with van der Waals surface area (Å²) in [5, 5.41) is 3.79. The van der Waals surface area contributed by atoms with Crippen molar-refractivity contribution in [2.75, 3.05) is 11.9 Å². The number of rotatable bonds is 6. The van der Waals surface area contributed by atoms with Gasteiger partial charge in [-0.2, -0.15) is 0 Å². The number of anilines is 1. The van der Waals surface area contributed by atoms with E-state index in [0.717, 1.165) is 23.6 Å². The molecule has 3 nitrogen and oxygen atoms in total. The lowest BCUT2D eigenvalue weighted by Gasteiger charge is -2.08. The maximum Gasteiger partial charge on any atom is 0.126 e. The summed E-state index contributed by atoms with van der Waals surface area (Å²) in [6.07, 6.45) is 0. The summed E-state index contributed by atoms with van der Waals surface area (Å²) in [6, 6.07) is 13.8. The van der Waals surface area contributed by atoms with Crippen LogP contribution < -0.4 is 5.32 Å². The van der Waals surface area contributed by atoms with Crippen LogP contribution in [-0.4, -0.2) is 11.5 Å². The summed E-state index contributed by atoms with van der Waals surface area (Å²) in [7, 11) is 0. The number of ether oxygens (including phenoxy) is 1. The minimum Gasteiger partial charge on any atom is -0.370 e. The van der Waals surface area contributed by atoms with Crippen LogP contribution in [0.4, 0.5) is 5.82 Å². The Morgan fingerprint density at radius 1 is 1.11 bits per heavy atom. The first-order valence-corrected chi connectivity index (χ1v) is 6.68. The normalized spacial score (nSPS) is 10.4. The Labute approximate surface area is 118 Å². The van der Waals surface area contributed by atoms with Crippen molar-refractivity contribution in [2.45, 2.75) is 20.1 Å². The third-order valence-electron chi connectivity index (χ3n) is 2.63. The van der Waals surface area contributed by atoms with Crippen molar-refractivity contribution < 1.29 is 4.74 Å². The Morgan fingerprint density at radius 3 is 2.63 bits per heavy atom. The molecular weight excluding hydrogens is 260 g/mol. The molecule has 0 saturated carbocycles. The molecule has 0 fully saturated rings. The number of nitrogens with zero attached hydrogens (tertiary/aromatic N) is 1. The molecule has 4 heteroatoms. The first-order valence-electron chi connectivity index (χ1n) is 6.30. The lowest BCUT2D eigenvalue weighted by Crippen LogP contribution is -2.03. The third-order valence-corrected chi connectivity index (χ3v) is 2.97. The van der Waals surface area contributed by atoms with E-state index in [-0.39, 0.29) is 0 Å². The molecule has 1 aromatic heterocycles. The molecule has 2 aromatic rings. The molecule has 0 amide bonds. The van der Waals surface area contributed by atoms with E-state index in [4.69, 9.17) is 16.3 Å². The lowest BCUT2D eigenvalue weighted by molar-refractivity contribution is 0.105. The SMILES string of the molecule is CCNc1ccc(Cl)c(COCc2ccccc2)n1. The second-order valence-corrected chi connectivity index (χ2v) is 4.54. The molecule has 0 radical (unpaired) electrons. The van der Waals surface area contributed by atoms with E-state index in [2.05, 4.69) is 10.3 Å². The van der Waals surface area contributed by atoms with Crippen LogP contribution in [0.5, 0.6) is 0 Å². The second kappa shape index (κ2) is 7.12. The van der Waals surface area contributed by atoms with E-state index in [1.807, 2.05) is 49.4 Å². The van der Waals surface area contributed by atoms with Crippen LogP contribution in [0.1, 0.15) is 18.2 Å². The Bertz CT molecular complexity index is 517. The Hall–Kier alpha value is -1.58. The van der Waals surface area contributed by atoms with Gasteiger partial charge in [0.15, 0.2) is 0 Å². The number of hydrogen-bond donors (Lipinski definition) is 1. The van der Waals surface area contributed by atoms with Crippen molar-refractivity contribution >= 4 is 17.4 Å². The average Bonchev–Trinajstić information content (AvgIpc) is 2.44. The van der Waals surface area contributed by atoms with Crippen LogP contribution in [0.25, 0.3) is 0 Å². The zero-order valence-corrected chi connectivity index (χ0v) is 11.7. The van der Waals surface area contributed by atoms with Crippen LogP contribution in [0.15, 0.2) is 42.5 Å². The molecular formula is C15H17ClN2O. The Balaban J connectivity index is 1.93. The molecule has 0 aliphatic heterocycles. The molecule has 1 aromatic carbocycles. The van der Waals surface area contributed by atoms with Gasteiger partial charge in [-0.05, 0) is 24.6 Å². The first-order chi connectivity index (χ1) is 9.29. The first kappa shape index (κ1) is 13.8. The fourth-order valence-electron chi connectivity index (χ4n) is 1.70. The molecule has 0 bridgehead atoms. The summed E-state index contributed by atoms with van der Waals surface area (Å²) in [5.41, 5.74) is 1.90. The van der Waals surface area contributed by atoms with E-state index in [1.54, 1.807) is 0 Å². The molecule has 0 atom stereocenters. The summed E-state index contributed by atoms with van der Waals surface area (Å²) >= 11 is 6.11. The van der Waals surface area contributed by atoms with Gasteiger partial charge in [0.05, 0.1) is 23.9 Å². The Kier molecular flexibility index (Phi) is 5.19. The fourth-order valence-corrected chi connectivity index (χ4v) is 1.86. The van der Waals surface area contributed by atoms with Gasteiger partial charge >= 0.3 is 0 Å². The van der Waals surface area contributed by atoms with Crippen LogP contribution in [0, 0.1) is 0 Å². The number of halogens is 1. The Morgan fingerprint density at radius 2 is 1.89 bits per heavy atom. The molecule has 19 heavy (non-hydrogen) atoms. The largest absolute Gasteiger partial charge is 0.370 e. The monoisotopic (exact) mass is 276 g/mol. The van der Waals surface area contributed by atoms with E-state index in [1.165, 1.54) is 0 Å². The van der Waals surface area contributed by atoms with Gasteiger partial charge in [0.25, 0.3) is 0 Å². The van der Waals surface area contributed by atoms with Gasteiger partial charge in [-0.15, -0.1) is 0 Å². The molecule has 1 heterocycles. The van der Waals surface area contributed by atoms with Gasteiger partial charge in [-0.1, -0.05) is 41.9 Å². The van der Waals surface area contributed by atoms with Gasteiger partial charge in [0, 0.05) is 6.54 Å². The smallest absolute Gasteiger partial charge is 0.126 e. The number of aromatic nitrogens is 1. The van der Waals surface area contributed by atoms with Crippen molar-refractivity contribution in [1.82, 2.24) is 4.98 Å². The van der Waals surface area contributed by atoms with Crippen LogP contribution >= 0.6 is 11.6 Å². The molecule has 0 aliphatic carbocycles. The maximum absolute atomic E-state index is 6.11. The summed E-state index contributed by atoms with van der Waals surface area (Å²) in [4.78, 5) is 4.43. The highest BCUT2D eigenvalue weighted by atomic mass is 35.5. The third kappa shape index (κ3) is 4.23. The fraction of sp³-hybridized carbons (Fsp3) is 0.267. The van der Waals surface area contributed by atoms with E-state index in [0.29, 0.717) is 18.2 Å². The van der Waals surface area contributed by atoms with Gasteiger partial charge in [-0.25, -0.2) is 4.98 Å². The molecule has 0 spiro atoms. The minimum absolute atomic E-state index is 0.410. The van der Waals surface area contributed by atoms with Crippen molar-refractivity contribution in [3.8, 4) is 0 Å². The zero-order chi connectivity index (χ0) is 13.5. The van der Waals surface area contributed by atoms with E-state index in [9.17, 15) is 0 Å². The van der Waals surface area contributed by atoms with Gasteiger partial charge in [-0.3, -0.25) is 0 Å². The number of nitrogens with one attached hydrogen (secondary N) is 1.